The van der Waals surface area contributed by atoms with Crippen LogP contribution in [0.2, 0.25) is 0 Å². The highest BCUT2D eigenvalue weighted by Crippen LogP contribution is 2.28. The summed E-state index contributed by atoms with van der Waals surface area (Å²) in [7, 11) is 0. The third-order valence-electron chi connectivity index (χ3n) is 2.28. The number of rotatable bonds is 4. The van der Waals surface area contributed by atoms with Crippen LogP contribution in [-0.2, 0) is 0 Å². The first-order valence-corrected chi connectivity index (χ1v) is 5.10. The Morgan fingerprint density at radius 2 is 2.06 bits per heavy atom. The molecule has 0 fully saturated rings. The van der Waals surface area contributed by atoms with Gasteiger partial charge in [0.2, 0.25) is 0 Å². The molecule has 18 heavy (non-hydrogen) atoms. The van der Waals surface area contributed by atoms with Crippen molar-refractivity contribution in [2.75, 3.05) is 30.3 Å². The Morgan fingerprint density at radius 1 is 1.39 bits per heavy atom. The summed E-state index contributed by atoms with van der Waals surface area (Å²) in [4.78, 5) is 0.899. The molecule has 0 aliphatic carbocycles. The monoisotopic (exact) mass is 259 g/mol. The van der Waals surface area contributed by atoms with Crippen molar-refractivity contribution in [3.05, 3.63) is 23.8 Å². The van der Waals surface area contributed by atoms with E-state index in [0.717, 1.165) is 4.90 Å². The van der Waals surface area contributed by atoms with Crippen molar-refractivity contribution in [1.82, 2.24) is 0 Å². The van der Waals surface area contributed by atoms with Gasteiger partial charge in [0.05, 0.1) is 23.5 Å². The molecular weight excluding hydrogens is 247 g/mol. The van der Waals surface area contributed by atoms with E-state index in [1.807, 2.05) is 0 Å². The fraction of sp³-hybridized carbons (Fsp3) is 0.364. The zero-order valence-corrected chi connectivity index (χ0v) is 9.41. The molecule has 0 saturated carbocycles. The molecule has 0 saturated heterocycles. The van der Waals surface area contributed by atoms with Crippen molar-refractivity contribution in [1.29, 1.82) is 5.26 Å². The molecule has 98 valence electrons. The van der Waals surface area contributed by atoms with Crippen LogP contribution in [0.1, 0.15) is 5.56 Å². The van der Waals surface area contributed by atoms with E-state index in [0.29, 0.717) is 0 Å². The topological polar surface area (TPSA) is 73.3 Å². The van der Waals surface area contributed by atoms with Crippen molar-refractivity contribution in [3.8, 4) is 6.07 Å². The van der Waals surface area contributed by atoms with Crippen molar-refractivity contribution < 1.29 is 18.3 Å². The third kappa shape index (κ3) is 3.53. The summed E-state index contributed by atoms with van der Waals surface area (Å²) in [6, 6.07) is 6.06. The van der Waals surface area contributed by atoms with E-state index in [2.05, 4.69) is 0 Å². The fourth-order valence-corrected chi connectivity index (χ4v) is 1.55. The van der Waals surface area contributed by atoms with Crippen LogP contribution in [0.5, 0.6) is 0 Å². The van der Waals surface area contributed by atoms with Gasteiger partial charge in [-0.15, -0.1) is 0 Å². The largest absolute Gasteiger partial charge is 0.405 e. The van der Waals surface area contributed by atoms with Crippen LogP contribution in [0.25, 0.3) is 0 Å². The second kappa shape index (κ2) is 5.60. The van der Waals surface area contributed by atoms with E-state index in [1.165, 1.54) is 18.2 Å². The minimum absolute atomic E-state index is 0.0160. The first-order chi connectivity index (χ1) is 8.39. The minimum atomic E-state index is -4.41. The quantitative estimate of drug-likeness (QED) is 0.804. The number of para-hydroxylation sites is 1. The van der Waals surface area contributed by atoms with Gasteiger partial charge in [-0.1, -0.05) is 6.07 Å². The number of alkyl halides is 3. The van der Waals surface area contributed by atoms with Crippen LogP contribution in [0.4, 0.5) is 24.5 Å². The summed E-state index contributed by atoms with van der Waals surface area (Å²) in [5.74, 6) is 0. The Bertz CT molecular complexity index is 454. The Morgan fingerprint density at radius 3 is 2.56 bits per heavy atom. The number of aliphatic hydroxyl groups is 1. The molecule has 4 nitrogen and oxygen atoms in total. The molecule has 0 radical (unpaired) electrons. The molecule has 0 aliphatic rings. The predicted molar refractivity (Wildman–Crippen MR) is 60.9 cm³/mol. The Labute approximate surface area is 102 Å². The summed E-state index contributed by atoms with van der Waals surface area (Å²) >= 11 is 0. The molecule has 1 aromatic rings. The number of nitrogen functional groups attached to an aromatic ring is 1. The second-order valence-electron chi connectivity index (χ2n) is 3.61. The van der Waals surface area contributed by atoms with E-state index < -0.39 is 19.3 Å². The maximum absolute atomic E-state index is 12.4. The van der Waals surface area contributed by atoms with E-state index in [9.17, 15) is 13.2 Å². The average Bonchev–Trinajstić information content (AvgIpc) is 2.27. The second-order valence-corrected chi connectivity index (χ2v) is 3.61. The van der Waals surface area contributed by atoms with Crippen LogP contribution in [-0.4, -0.2) is 31.0 Å². The van der Waals surface area contributed by atoms with Crippen molar-refractivity contribution in [2.24, 2.45) is 0 Å². The van der Waals surface area contributed by atoms with E-state index in [-0.39, 0.29) is 23.5 Å². The number of anilines is 2. The van der Waals surface area contributed by atoms with Gasteiger partial charge >= 0.3 is 6.18 Å². The highest BCUT2D eigenvalue weighted by Gasteiger charge is 2.31. The lowest BCUT2D eigenvalue weighted by atomic mass is 10.1. The first kappa shape index (κ1) is 14.1. The summed E-state index contributed by atoms with van der Waals surface area (Å²) in [6.45, 7) is -1.88. The van der Waals surface area contributed by atoms with Crippen molar-refractivity contribution >= 4 is 11.4 Å². The number of nitrogens with two attached hydrogens (primary N) is 1. The van der Waals surface area contributed by atoms with Gasteiger partial charge in [-0.2, -0.15) is 18.4 Å². The lowest BCUT2D eigenvalue weighted by Gasteiger charge is -2.26. The summed E-state index contributed by atoms with van der Waals surface area (Å²) in [5.41, 5.74) is 5.82. The van der Waals surface area contributed by atoms with Crippen molar-refractivity contribution in [3.63, 3.8) is 0 Å². The number of halogens is 3. The third-order valence-corrected chi connectivity index (χ3v) is 2.28. The molecule has 0 atom stereocenters. The number of hydrogen-bond acceptors (Lipinski definition) is 4. The molecule has 0 aromatic heterocycles. The molecule has 0 heterocycles. The average molecular weight is 259 g/mol. The van der Waals surface area contributed by atoms with Crippen molar-refractivity contribution in [2.45, 2.75) is 6.18 Å². The number of nitriles is 1. The minimum Gasteiger partial charge on any atom is -0.396 e. The van der Waals surface area contributed by atoms with Gasteiger partial charge in [0.25, 0.3) is 0 Å². The standard InChI is InChI=1S/C11H12F3N3O/c12-11(13,14)7-17(4-5-18)9-3-1-2-8(6-15)10(9)16/h1-3,18H,4-5,7,16H2. The van der Waals surface area contributed by atoms with E-state index in [1.54, 1.807) is 6.07 Å². The van der Waals surface area contributed by atoms with E-state index in [4.69, 9.17) is 16.1 Å². The zero-order valence-electron chi connectivity index (χ0n) is 9.41. The lowest BCUT2D eigenvalue weighted by molar-refractivity contribution is -0.119. The molecule has 0 bridgehead atoms. The van der Waals surface area contributed by atoms with Gasteiger partial charge in [0.15, 0.2) is 0 Å². The maximum atomic E-state index is 12.4. The predicted octanol–water partition coefficient (Wildman–Crippen LogP) is 1.50. The first-order valence-electron chi connectivity index (χ1n) is 5.10. The summed E-state index contributed by atoms with van der Waals surface area (Å²) in [6.07, 6.45) is -4.41. The van der Waals surface area contributed by atoms with Gasteiger partial charge in [0.1, 0.15) is 12.6 Å². The number of benzene rings is 1. The normalized spacial score (nSPS) is 11.1. The molecule has 1 aromatic carbocycles. The SMILES string of the molecule is N#Cc1cccc(N(CCO)CC(F)(F)F)c1N. The van der Waals surface area contributed by atoms with Gasteiger partial charge in [-0.05, 0) is 12.1 Å². The Kier molecular flexibility index (Phi) is 4.39. The number of hydrogen-bond donors (Lipinski definition) is 2. The van der Waals surface area contributed by atoms with Gasteiger partial charge < -0.3 is 15.7 Å². The smallest absolute Gasteiger partial charge is 0.396 e. The maximum Gasteiger partial charge on any atom is 0.405 e. The van der Waals surface area contributed by atoms with Crippen LogP contribution in [0.15, 0.2) is 18.2 Å². The summed E-state index contributed by atoms with van der Waals surface area (Å²) in [5, 5.41) is 17.6. The Balaban J connectivity index is 3.10. The molecule has 0 amide bonds. The zero-order chi connectivity index (χ0) is 13.8. The van der Waals surface area contributed by atoms with Crippen LogP contribution < -0.4 is 10.6 Å². The van der Waals surface area contributed by atoms with Gasteiger partial charge in [0, 0.05) is 6.54 Å². The van der Waals surface area contributed by atoms with Crippen LogP contribution >= 0.6 is 0 Å². The van der Waals surface area contributed by atoms with Gasteiger partial charge in [-0.3, -0.25) is 0 Å². The highest BCUT2D eigenvalue weighted by molar-refractivity contribution is 5.74. The Hall–Kier alpha value is -1.94. The van der Waals surface area contributed by atoms with Gasteiger partial charge in [-0.25, -0.2) is 0 Å². The number of nitrogens with zero attached hydrogens (tertiary/aromatic N) is 2. The highest BCUT2D eigenvalue weighted by atomic mass is 19.4. The molecule has 0 aliphatic heterocycles. The molecule has 0 unspecified atom stereocenters. The lowest BCUT2D eigenvalue weighted by Crippen LogP contribution is -2.36. The van der Waals surface area contributed by atoms with Crippen LogP contribution in [0.3, 0.4) is 0 Å². The molecule has 7 heteroatoms. The molecule has 0 spiro atoms. The number of aliphatic hydroxyl groups excluding tert-OH is 1. The van der Waals surface area contributed by atoms with E-state index >= 15 is 0 Å². The van der Waals surface area contributed by atoms with Crippen LogP contribution in [0, 0.1) is 11.3 Å². The molecule has 3 N–H and O–H groups in total. The molecule has 1 rings (SSSR count). The molecular formula is C11H12F3N3O. The summed E-state index contributed by atoms with van der Waals surface area (Å²) < 4.78 is 37.2. The fourth-order valence-electron chi connectivity index (χ4n) is 1.55.